The molecular formula is C15H20N4O2. The van der Waals surface area contributed by atoms with Crippen LogP contribution >= 0.6 is 0 Å². The Labute approximate surface area is 123 Å². The van der Waals surface area contributed by atoms with Crippen molar-refractivity contribution in [3.8, 4) is 0 Å². The number of imidazole rings is 1. The van der Waals surface area contributed by atoms with Crippen molar-refractivity contribution < 1.29 is 9.32 Å². The SMILES string of the molecule is Cc1noc(C)c1C(=O)N(C)CC1CCn2ccnc2C1. The van der Waals surface area contributed by atoms with Crippen molar-refractivity contribution in [3.63, 3.8) is 0 Å². The number of amides is 1. The second-order valence-corrected chi connectivity index (χ2v) is 5.78. The first-order chi connectivity index (χ1) is 10.1. The van der Waals surface area contributed by atoms with Gasteiger partial charge < -0.3 is 14.0 Å². The van der Waals surface area contributed by atoms with Crippen LogP contribution in [0.2, 0.25) is 0 Å². The van der Waals surface area contributed by atoms with E-state index in [0.717, 1.165) is 31.8 Å². The van der Waals surface area contributed by atoms with Crippen LogP contribution in [0.15, 0.2) is 16.9 Å². The summed E-state index contributed by atoms with van der Waals surface area (Å²) in [6, 6.07) is 0. The Balaban J connectivity index is 1.67. The summed E-state index contributed by atoms with van der Waals surface area (Å²) in [5.74, 6) is 2.14. The van der Waals surface area contributed by atoms with Crippen molar-refractivity contribution in [2.45, 2.75) is 33.2 Å². The van der Waals surface area contributed by atoms with Crippen LogP contribution in [0.5, 0.6) is 0 Å². The van der Waals surface area contributed by atoms with Crippen LogP contribution in [0, 0.1) is 19.8 Å². The Morgan fingerprint density at radius 2 is 2.33 bits per heavy atom. The second-order valence-electron chi connectivity index (χ2n) is 5.78. The van der Waals surface area contributed by atoms with Crippen LogP contribution in [0.3, 0.4) is 0 Å². The molecule has 3 heterocycles. The predicted molar refractivity (Wildman–Crippen MR) is 77.0 cm³/mol. The van der Waals surface area contributed by atoms with Gasteiger partial charge in [0, 0.05) is 39.0 Å². The standard InChI is InChI=1S/C15H20N4O2/c1-10-14(11(2)21-17-10)15(20)18(3)9-12-4-6-19-7-5-16-13(19)8-12/h5,7,12H,4,6,8-9H2,1-3H3. The molecule has 2 aromatic heterocycles. The van der Waals surface area contributed by atoms with Gasteiger partial charge in [-0.1, -0.05) is 5.16 Å². The second kappa shape index (κ2) is 5.35. The number of hydrogen-bond donors (Lipinski definition) is 0. The Hall–Kier alpha value is -2.11. The molecule has 0 spiro atoms. The molecule has 1 atom stereocenters. The summed E-state index contributed by atoms with van der Waals surface area (Å²) in [4.78, 5) is 18.7. The van der Waals surface area contributed by atoms with E-state index in [2.05, 4.69) is 14.7 Å². The lowest BCUT2D eigenvalue weighted by Gasteiger charge is -2.27. The van der Waals surface area contributed by atoms with E-state index in [1.165, 1.54) is 0 Å². The molecule has 0 aliphatic carbocycles. The van der Waals surface area contributed by atoms with Gasteiger partial charge in [0.1, 0.15) is 17.1 Å². The molecule has 0 bridgehead atoms. The van der Waals surface area contributed by atoms with Crippen molar-refractivity contribution in [2.75, 3.05) is 13.6 Å². The van der Waals surface area contributed by atoms with Crippen LogP contribution in [-0.2, 0) is 13.0 Å². The molecule has 0 saturated heterocycles. The van der Waals surface area contributed by atoms with Crippen LogP contribution < -0.4 is 0 Å². The maximum atomic E-state index is 12.5. The summed E-state index contributed by atoms with van der Waals surface area (Å²) in [6.45, 7) is 5.29. The summed E-state index contributed by atoms with van der Waals surface area (Å²) in [5, 5.41) is 3.85. The molecule has 2 aromatic rings. The lowest BCUT2D eigenvalue weighted by Crippen LogP contribution is -2.35. The van der Waals surface area contributed by atoms with Gasteiger partial charge in [-0.25, -0.2) is 4.98 Å². The van der Waals surface area contributed by atoms with Crippen LogP contribution in [0.4, 0.5) is 0 Å². The maximum absolute atomic E-state index is 12.5. The van der Waals surface area contributed by atoms with E-state index in [1.807, 2.05) is 19.4 Å². The topological polar surface area (TPSA) is 64.2 Å². The number of aryl methyl sites for hydroxylation is 3. The lowest BCUT2D eigenvalue weighted by molar-refractivity contribution is 0.0761. The fraction of sp³-hybridized carbons (Fsp3) is 0.533. The van der Waals surface area contributed by atoms with Crippen molar-refractivity contribution in [3.05, 3.63) is 35.2 Å². The molecule has 1 aliphatic heterocycles. The fourth-order valence-electron chi connectivity index (χ4n) is 3.02. The third kappa shape index (κ3) is 2.57. The fourth-order valence-corrected chi connectivity index (χ4v) is 3.02. The molecule has 112 valence electrons. The zero-order valence-corrected chi connectivity index (χ0v) is 12.7. The zero-order valence-electron chi connectivity index (χ0n) is 12.7. The van der Waals surface area contributed by atoms with Crippen molar-refractivity contribution in [1.29, 1.82) is 0 Å². The summed E-state index contributed by atoms with van der Waals surface area (Å²) >= 11 is 0. The van der Waals surface area contributed by atoms with Gasteiger partial charge in [0.25, 0.3) is 5.91 Å². The molecule has 0 saturated carbocycles. The molecule has 0 N–H and O–H groups in total. The Morgan fingerprint density at radius 3 is 3.05 bits per heavy atom. The maximum Gasteiger partial charge on any atom is 0.259 e. The van der Waals surface area contributed by atoms with E-state index < -0.39 is 0 Å². The smallest absolute Gasteiger partial charge is 0.259 e. The van der Waals surface area contributed by atoms with Gasteiger partial charge in [0.15, 0.2) is 0 Å². The molecule has 0 aromatic carbocycles. The zero-order chi connectivity index (χ0) is 15.0. The van der Waals surface area contributed by atoms with E-state index >= 15 is 0 Å². The van der Waals surface area contributed by atoms with Gasteiger partial charge in [0.2, 0.25) is 0 Å². The minimum Gasteiger partial charge on any atom is -0.361 e. The number of fused-ring (bicyclic) bond motifs is 1. The van der Waals surface area contributed by atoms with Gasteiger partial charge >= 0.3 is 0 Å². The minimum absolute atomic E-state index is 0.0137. The Bertz CT molecular complexity index is 639. The third-order valence-electron chi connectivity index (χ3n) is 4.18. The lowest BCUT2D eigenvalue weighted by atomic mass is 9.97. The van der Waals surface area contributed by atoms with Crippen LogP contribution in [-0.4, -0.2) is 39.1 Å². The normalized spacial score (nSPS) is 17.6. The molecule has 6 nitrogen and oxygen atoms in total. The van der Waals surface area contributed by atoms with E-state index in [9.17, 15) is 4.79 Å². The summed E-state index contributed by atoms with van der Waals surface area (Å²) in [6.07, 6.45) is 5.86. The number of carbonyl (C=O) groups is 1. The van der Waals surface area contributed by atoms with Crippen molar-refractivity contribution >= 4 is 5.91 Å². The highest BCUT2D eigenvalue weighted by molar-refractivity contribution is 5.95. The highest BCUT2D eigenvalue weighted by atomic mass is 16.5. The van der Waals surface area contributed by atoms with Crippen LogP contribution in [0.1, 0.15) is 34.1 Å². The van der Waals surface area contributed by atoms with Gasteiger partial charge in [-0.15, -0.1) is 0 Å². The molecule has 3 rings (SSSR count). The highest BCUT2D eigenvalue weighted by Gasteiger charge is 2.25. The number of aromatic nitrogens is 3. The van der Waals surface area contributed by atoms with E-state index in [1.54, 1.807) is 18.7 Å². The van der Waals surface area contributed by atoms with Gasteiger partial charge in [-0.3, -0.25) is 4.79 Å². The predicted octanol–water partition coefficient (Wildman–Crippen LogP) is 1.82. The van der Waals surface area contributed by atoms with Gasteiger partial charge in [-0.2, -0.15) is 0 Å². The quantitative estimate of drug-likeness (QED) is 0.864. The molecule has 6 heteroatoms. The van der Waals surface area contributed by atoms with Gasteiger partial charge in [0.05, 0.1) is 5.69 Å². The monoisotopic (exact) mass is 288 g/mol. The highest BCUT2D eigenvalue weighted by Crippen LogP contribution is 2.21. The number of hydrogen-bond acceptors (Lipinski definition) is 4. The molecule has 0 fully saturated rings. The first-order valence-electron chi connectivity index (χ1n) is 7.24. The minimum atomic E-state index is -0.0137. The van der Waals surface area contributed by atoms with Crippen LogP contribution in [0.25, 0.3) is 0 Å². The molecule has 1 aliphatic rings. The molecule has 0 radical (unpaired) electrons. The molecule has 1 amide bonds. The number of carbonyl (C=O) groups excluding carboxylic acids is 1. The average molecular weight is 288 g/mol. The molecule has 1 unspecified atom stereocenters. The third-order valence-corrected chi connectivity index (χ3v) is 4.18. The molecular weight excluding hydrogens is 268 g/mol. The Kier molecular flexibility index (Phi) is 3.53. The Morgan fingerprint density at radius 1 is 1.52 bits per heavy atom. The number of rotatable bonds is 3. The summed E-state index contributed by atoms with van der Waals surface area (Å²) < 4.78 is 7.27. The van der Waals surface area contributed by atoms with E-state index in [-0.39, 0.29) is 5.91 Å². The van der Waals surface area contributed by atoms with E-state index in [0.29, 0.717) is 22.9 Å². The largest absolute Gasteiger partial charge is 0.361 e. The van der Waals surface area contributed by atoms with Crippen molar-refractivity contribution in [1.82, 2.24) is 19.6 Å². The first kappa shape index (κ1) is 13.9. The van der Waals surface area contributed by atoms with E-state index in [4.69, 9.17) is 4.52 Å². The summed E-state index contributed by atoms with van der Waals surface area (Å²) in [5.41, 5.74) is 1.25. The molecule has 21 heavy (non-hydrogen) atoms. The van der Waals surface area contributed by atoms with Gasteiger partial charge in [-0.05, 0) is 26.2 Å². The number of nitrogens with zero attached hydrogens (tertiary/aromatic N) is 4. The first-order valence-corrected chi connectivity index (χ1v) is 7.24. The summed E-state index contributed by atoms with van der Waals surface area (Å²) in [7, 11) is 1.84. The van der Waals surface area contributed by atoms with Crippen molar-refractivity contribution in [2.24, 2.45) is 5.92 Å². The average Bonchev–Trinajstić information content (AvgIpc) is 3.04.